The van der Waals surface area contributed by atoms with Gasteiger partial charge in [-0.25, -0.2) is 4.99 Å². The SMILES string of the molecule is CCCC(=O)Nc1ccc(CN=C(NCC)NCc2ccccc2OCC)cc1. The lowest BCUT2D eigenvalue weighted by molar-refractivity contribution is -0.116. The van der Waals surface area contributed by atoms with Crippen LogP contribution in [0.4, 0.5) is 5.69 Å². The van der Waals surface area contributed by atoms with Crippen LogP contribution in [0, 0.1) is 0 Å². The predicted octanol–water partition coefficient (Wildman–Crippen LogP) is 4.08. The summed E-state index contributed by atoms with van der Waals surface area (Å²) in [5.41, 5.74) is 2.98. The summed E-state index contributed by atoms with van der Waals surface area (Å²) in [6.07, 6.45) is 1.38. The standard InChI is InChI=1S/C23H32N4O2/c1-4-9-22(28)27-20-14-12-18(13-15-20)16-25-23(24-5-2)26-17-19-10-7-8-11-21(19)29-6-3/h7-8,10-15H,4-6,9,16-17H2,1-3H3,(H,27,28)(H2,24,25,26). The molecule has 3 N–H and O–H groups in total. The van der Waals surface area contributed by atoms with Crippen LogP contribution in [0.5, 0.6) is 5.75 Å². The lowest BCUT2D eigenvalue weighted by Crippen LogP contribution is -2.36. The van der Waals surface area contributed by atoms with E-state index >= 15 is 0 Å². The molecule has 0 aromatic heterocycles. The number of nitrogens with one attached hydrogen (secondary N) is 3. The van der Waals surface area contributed by atoms with Gasteiger partial charge >= 0.3 is 0 Å². The maximum atomic E-state index is 11.7. The van der Waals surface area contributed by atoms with Crippen LogP contribution >= 0.6 is 0 Å². The van der Waals surface area contributed by atoms with Crippen molar-refractivity contribution in [2.24, 2.45) is 4.99 Å². The van der Waals surface area contributed by atoms with E-state index in [2.05, 4.69) is 20.9 Å². The third-order valence-corrected chi connectivity index (χ3v) is 4.20. The van der Waals surface area contributed by atoms with Gasteiger partial charge in [0.2, 0.25) is 5.91 Å². The van der Waals surface area contributed by atoms with Crippen molar-refractivity contribution in [1.29, 1.82) is 0 Å². The number of para-hydroxylation sites is 1. The molecular weight excluding hydrogens is 364 g/mol. The second kappa shape index (κ2) is 12.4. The second-order valence-corrected chi connectivity index (χ2v) is 6.58. The first-order valence-corrected chi connectivity index (χ1v) is 10.3. The van der Waals surface area contributed by atoms with Crippen LogP contribution < -0.4 is 20.7 Å². The largest absolute Gasteiger partial charge is 0.494 e. The van der Waals surface area contributed by atoms with Crippen molar-refractivity contribution in [3.8, 4) is 5.75 Å². The van der Waals surface area contributed by atoms with Gasteiger partial charge in [0.25, 0.3) is 0 Å². The van der Waals surface area contributed by atoms with Gasteiger partial charge in [-0.1, -0.05) is 37.3 Å². The van der Waals surface area contributed by atoms with E-state index in [4.69, 9.17) is 4.74 Å². The van der Waals surface area contributed by atoms with Gasteiger partial charge in [-0.05, 0) is 44.0 Å². The van der Waals surface area contributed by atoms with Crippen molar-refractivity contribution in [3.63, 3.8) is 0 Å². The first-order chi connectivity index (χ1) is 14.2. The zero-order valence-electron chi connectivity index (χ0n) is 17.6. The Morgan fingerprint density at radius 3 is 2.45 bits per heavy atom. The van der Waals surface area contributed by atoms with Crippen molar-refractivity contribution in [3.05, 3.63) is 59.7 Å². The number of ether oxygens (including phenoxy) is 1. The van der Waals surface area contributed by atoms with Crippen molar-refractivity contribution in [2.75, 3.05) is 18.5 Å². The average molecular weight is 397 g/mol. The molecule has 0 aliphatic carbocycles. The number of rotatable bonds is 10. The van der Waals surface area contributed by atoms with Gasteiger partial charge in [-0.3, -0.25) is 4.79 Å². The van der Waals surface area contributed by atoms with Crippen molar-refractivity contribution >= 4 is 17.6 Å². The third kappa shape index (κ3) is 7.86. The summed E-state index contributed by atoms with van der Waals surface area (Å²) >= 11 is 0. The summed E-state index contributed by atoms with van der Waals surface area (Å²) in [6, 6.07) is 15.8. The fourth-order valence-electron chi connectivity index (χ4n) is 2.78. The molecule has 2 aromatic rings. The molecule has 0 saturated carbocycles. The molecule has 0 unspecified atom stereocenters. The monoisotopic (exact) mass is 396 g/mol. The number of nitrogens with zero attached hydrogens (tertiary/aromatic N) is 1. The summed E-state index contributed by atoms with van der Waals surface area (Å²) in [4.78, 5) is 16.3. The molecule has 0 spiro atoms. The molecule has 0 radical (unpaired) electrons. The highest BCUT2D eigenvalue weighted by atomic mass is 16.5. The highest BCUT2D eigenvalue weighted by Gasteiger charge is 2.05. The first-order valence-electron chi connectivity index (χ1n) is 10.3. The highest BCUT2D eigenvalue weighted by Crippen LogP contribution is 2.17. The van der Waals surface area contributed by atoms with Crippen LogP contribution in [-0.2, 0) is 17.9 Å². The lowest BCUT2D eigenvalue weighted by Gasteiger charge is -2.14. The van der Waals surface area contributed by atoms with E-state index in [1.54, 1.807) is 0 Å². The molecule has 0 aliphatic heterocycles. The lowest BCUT2D eigenvalue weighted by atomic mass is 10.2. The number of anilines is 1. The summed E-state index contributed by atoms with van der Waals surface area (Å²) in [6.45, 7) is 8.61. The van der Waals surface area contributed by atoms with Crippen LogP contribution in [0.25, 0.3) is 0 Å². The van der Waals surface area contributed by atoms with Crippen LogP contribution in [0.2, 0.25) is 0 Å². The van der Waals surface area contributed by atoms with Gasteiger partial charge in [0, 0.05) is 30.8 Å². The molecule has 2 rings (SSSR count). The fourth-order valence-corrected chi connectivity index (χ4v) is 2.78. The molecule has 0 heterocycles. The topological polar surface area (TPSA) is 74.8 Å². The molecule has 2 aromatic carbocycles. The van der Waals surface area contributed by atoms with Gasteiger partial charge in [0.05, 0.1) is 13.2 Å². The van der Waals surface area contributed by atoms with Crippen LogP contribution in [0.1, 0.15) is 44.7 Å². The molecule has 0 atom stereocenters. The van der Waals surface area contributed by atoms with Gasteiger partial charge in [-0.2, -0.15) is 0 Å². The zero-order chi connectivity index (χ0) is 20.9. The molecule has 1 amide bonds. The molecule has 0 fully saturated rings. The summed E-state index contributed by atoms with van der Waals surface area (Å²) in [5, 5.41) is 9.52. The molecular formula is C23H32N4O2. The van der Waals surface area contributed by atoms with E-state index in [9.17, 15) is 4.79 Å². The molecule has 0 bridgehead atoms. The number of carbonyl (C=O) groups is 1. The van der Waals surface area contributed by atoms with E-state index in [1.165, 1.54) is 0 Å². The number of amides is 1. The minimum atomic E-state index is 0.0456. The Bertz CT molecular complexity index is 788. The number of aliphatic imine (C=N–C) groups is 1. The maximum Gasteiger partial charge on any atom is 0.224 e. The molecule has 29 heavy (non-hydrogen) atoms. The normalized spacial score (nSPS) is 11.1. The van der Waals surface area contributed by atoms with E-state index in [1.807, 2.05) is 69.3 Å². The quantitative estimate of drug-likeness (QED) is 0.418. The Morgan fingerprint density at radius 1 is 1.00 bits per heavy atom. The number of hydrogen-bond acceptors (Lipinski definition) is 3. The van der Waals surface area contributed by atoms with Gasteiger partial charge in [0.1, 0.15) is 5.75 Å². The van der Waals surface area contributed by atoms with Crippen molar-refractivity contribution in [1.82, 2.24) is 10.6 Å². The van der Waals surface area contributed by atoms with Crippen LogP contribution in [0.15, 0.2) is 53.5 Å². The Hall–Kier alpha value is -3.02. The van der Waals surface area contributed by atoms with Crippen molar-refractivity contribution in [2.45, 2.75) is 46.7 Å². The fraction of sp³-hybridized carbons (Fsp3) is 0.391. The molecule has 6 heteroatoms. The molecule has 156 valence electrons. The summed E-state index contributed by atoms with van der Waals surface area (Å²) < 4.78 is 5.68. The van der Waals surface area contributed by atoms with Gasteiger partial charge in [-0.15, -0.1) is 0 Å². The zero-order valence-corrected chi connectivity index (χ0v) is 17.6. The Kier molecular flexibility index (Phi) is 9.55. The molecule has 0 saturated heterocycles. The first kappa shape index (κ1) is 22.3. The van der Waals surface area contributed by atoms with Crippen molar-refractivity contribution < 1.29 is 9.53 Å². The van der Waals surface area contributed by atoms with Crippen LogP contribution in [-0.4, -0.2) is 25.0 Å². The van der Waals surface area contributed by atoms with Gasteiger partial charge < -0.3 is 20.7 Å². The Morgan fingerprint density at radius 2 is 1.76 bits per heavy atom. The maximum absolute atomic E-state index is 11.7. The number of guanidine groups is 1. The third-order valence-electron chi connectivity index (χ3n) is 4.20. The summed E-state index contributed by atoms with van der Waals surface area (Å²) in [5.74, 6) is 1.68. The number of carbonyl (C=O) groups excluding carboxylic acids is 1. The minimum absolute atomic E-state index is 0.0456. The number of benzene rings is 2. The summed E-state index contributed by atoms with van der Waals surface area (Å²) in [7, 11) is 0. The predicted molar refractivity (Wildman–Crippen MR) is 119 cm³/mol. The number of hydrogen-bond donors (Lipinski definition) is 3. The Labute approximate surface area is 173 Å². The van der Waals surface area contributed by atoms with E-state index in [0.29, 0.717) is 26.1 Å². The van der Waals surface area contributed by atoms with E-state index < -0.39 is 0 Å². The van der Waals surface area contributed by atoms with E-state index in [0.717, 1.165) is 41.5 Å². The smallest absolute Gasteiger partial charge is 0.224 e. The van der Waals surface area contributed by atoms with E-state index in [-0.39, 0.29) is 5.91 Å². The van der Waals surface area contributed by atoms with Gasteiger partial charge in [0.15, 0.2) is 5.96 Å². The Balaban J connectivity index is 1.95. The van der Waals surface area contributed by atoms with Crippen LogP contribution in [0.3, 0.4) is 0 Å². The molecule has 0 aliphatic rings. The molecule has 6 nitrogen and oxygen atoms in total. The minimum Gasteiger partial charge on any atom is -0.494 e. The highest BCUT2D eigenvalue weighted by molar-refractivity contribution is 5.90. The second-order valence-electron chi connectivity index (χ2n) is 6.58. The average Bonchev–Trinajstić information content (AvgIpc) is 2.72.